The summed E-state index contributed by atoms with van der Waals surface area (Å²) in [5, 5.41) is 3.99. The van der Waals surface area contributed by atoms with Crippen LogP contribution in [-0.2, 0) is 19.2 Å². The van der Waals surface area contributed by atoms with Gasteiger partial charge < -0.3 is 0 Å². The Bertz CT molecular complexity index is 2320. The highest BCUT2D eigenvalue weighted by atomic mass is 16.2. The van der Waals surface area contributed by atoms with Crippen molar-refractivity contribution in [3.05, 3.63) is 139 Å². The molecule has 4 amide bonds. The van der Waals surface area contributed by atoms with Crippen LogP contribution in [0, 0.1) is 41.4 Å². The van der Waals surface area contributed by atoms with Gasteiger partial charge in [-0.15, -0.1) is 0 Å². The summed E-state index contributed by atoms with van der Waals surface area (Å²) in [4.78, 5) is 60.6. The fraction of sp³-hybridized carbons (Fsp3) is 0.190. The molecule has 48 heavy (non-hydrogen) atoms. The number of imide groups is 2. The first-order valence-corrected chi connectivity index (χ1v) is 16.7. The zero-order valence-corrected chi connectivity index (χ0v) is 25.9. The van der Waals surface area contributed by atoms with Gasteiger partial charge in [-0.05, 0) is 69.3 Å². The zero-order valence-electron chi connectivity index (χ0n) is 25.9. The Hall–Kier alpha value is -5.62. The van der Waals surface area contributed by atoms with Crippen molar-refractivity contribution in [3.8, 4) is 0 Å². The Morgan fingerprint density at radius 1 is 0.479 bits per heavy atom. The molecule has 0 N–H and O–H groups in total. The lowest BCUT2D eigenvalue weighted by molar-refractivity contribution is -0.129. The number of allylic oxidation sites excluding steroid dienone is 4. The number of carbonyl (C=O) groups excluding carboxylic acids is 4. The highest BCUT2D eigenvalue weighted by Gasteiger charge is 2.67. The molecule has 6 aliphatic rings. The van der Waals surface area contributed by atoms with Gasteiger partial charge in [0.05, 0.1) is 35.0 Å². The van der Waals surface area contributed by atoms with Gasteiger partial charge in [0.15, 0.2) is 0 Å². The Morgan fingerprint density at radius 3 is 1.67 bits per heavy atom. The fourth-order valence-corrected chi connectivity index (χ4v) is 9.66. The topological polar surface area (TPSA) is 74.8 Å². The third kappa shape index (κ3) is 3.63. The number of nitrogens with zero attached hydrogens (tertiary/aromatic N) is 2. The molecular formula is C42H30N2O4. The van der Waals surface area contributed by atoms with Gasteiger partial charge in [-0.1, -0.05) is 109 Å². The summed E-state index contributed by atoms with van der Waals surface area (Å²) >= 11 is 0. The molecule has 7 atom stereocenters. The van der Waals surface area contributed by atoms with E-state index < -0.39 is 23.7 Å². The summed E-state index contributed by atoms with van der Waals surface area (Å²) < 4.78 is 0. The van der Waals surface area contributed by atoms with Crippen molar-refractivity contribution in [1.82, 2.24) is 0 Å². The van der Waals surface area contributed by atoms with Crippen molar-refractivity contribution in [3.63, 3.8) is 0 Å². The van der Waals surface area contributed by atoms with E-state index in [-0.39, 0.29) is 41.4 Å². The summed E-state index contributed by atoms with van der Waals surface area (Å²) in [5.74, 6) is -4.19. The van der Waals surface area contributed by atoms with Crippen LogP contribution in [0.1, 0.15) is 12.0 Å². The van der Waals surface area contributed by atoms with E-state index in [1.54, 1.807) is 0 Å². The maximum absolute atomic E-state index is 14.6. The standard InChI is InChI=1S/C42H30N2O4/c45-39-33-22-32(25-10-2-1-3-11-25)34-30-18-19-31(35(34)38(33)42(48)43(39)28-16-14-23-8-4-6-12-26(23)20-28)37-36(30)40(46)44(41(37)47)29-17-15-24-9-5-7-13-27(24)21-29/h1-21,30-31,33,35-38H,22H2/t30-,31+,33-,35-,36+,37-,38+/m0/s1. The predicted octanol–water partition coefficient (Wildman–Crippen LogP) is 7.19. The summed E-state index contributed by atoms with van der Waals surface area (Å²) in [6, 6.07) is 37.3. The van der Waals surface area contributed by atoms with Crippen molar-refractivity contribution in [2.45, 2.75) is 6.42 Å². The predicted molar refractivity (Wildman–Crippen MR) is 184 cm³/mol. The lowest BCUT2D eigenvalue weighted by Crippen LogP contribution is -2.51. The second-order valence-electron chi connectivity index (χ2n) is 13.8. The largest absolute Gasteiger partial charge is 0.274 e. The normalized spacial score (nSPS) is 28.9. The molecule has 0 radical (unpaired) electrons. The minimum atomic E-state index is -0.609. The molecule has 4 aliphatic carbocycles. The molecule has 6 nitrogen and oxygen atoms in total. The molecule has 6 heteroatoms. The molecule has 11 rings (SSSR count). The van der Waals surface area contributed by atoms with E-state index in [4.69, 9.17) is 0 Å². The van der Waals surface area contributed by atoms with Gasteiger partial charge in [0.25, 0.3) is 0 Å². The number of anilines is 2. The average molecular weight is 627 g/mol. The lowest BCUT2D eigenvalue weighted by atomic mass is 9.49. The highest BCUT2D eigenvalue weighted by Crippen LogP contribution is 2.63. The minimum absolute atomic E-state index is 0.188. The van der Waals surface area contributed by atoms with Crippen molar-refractivity contribution in [1.29, 1.82) is 0 Å². The number of fused-ring (bicyclic) bond motifs is 3. The van der Waals surface area contributed by atoms with Crippen LogP contribution in [0.4, 0.5) is 11.4 Å². The third-order valence-electron chi connectivity index (χ3n) is 11.6. The van der Waals surface area contributed by atoms with E-state index >= 15 is 0 Å². The Morgan fingerprint density at radius 2 is 1.02 bits per heavy atom. The molecule has 5 aromatic rings. The maximum atomic E-state index is 14.6. The maximum Gasteiger partial charge on any atom is 0.238 e. The first kappa shape index (κ1) is 27.5. The molecule has 2 heterocycles. The van der Waals surface area contributed by atoms with Gasteiger partial charge >= 0.3 is 0 Å². The summed E-state index contributed by atoms with van der Waals surface area (Å²) in [7, 11) is 0. The van der Waals surface area contributed by atoms with Crippen LogP contribution in [-0.4, -0.2) is 23.6 Å². The van der Waals surface area contributed by atoms with E-state index in [0.717, 1.165) is 38.3 Å². The molecule has 232 valence electrons. The van der Waals surface area contributed by atoms with Crippen molar-refractivity contribution in [2.24, 2.45) is 41.4 Å². The van der Waals surface area contributed by atoms with Gasteiger partial charge in [0.2, 0.25) is 23.6 Å². The number of carbonyl (C=O) groups is 4. The van der Waals surface area contributed by atoms with Crippen molar-refractivity contribution < 1.29 is 19.2 Å². The quantitative estimate of drug-likeness (QED) is 0.157. The first-order chi connectivity index (χ1) is 23.5. The van der Waals surface area contributed by atoms with Crippen LogP contribution in [0.2, 0.25) is 0 Å². The van der Waals surface area contributed by atoms with E-state index in [1.165, 1.54) is 9.80 Å². The summed E-state index contributed by atoms with van der Waals surface area (Å²) in [6.07, 6.45) is 4.58. The first-order valence-electron chi connectivity index (χ1n) is 16.7. The number of rotatable bonds is 3. The van der Waals surface area contributed by atoms with Crippen molar-refractivity contribution in [2.75, 3.05) is 9.80 Å². The third-order valence-corrected chi connectivity index (χ3v) is 11.6. The lowest BCUT2D eigenvalue weighted by Gasteiger charge is -2.51. The van der Waals surface area contributed by atoms with Gasteiger partial charge in [-0.2, -0.15) is 0 Å². The average Bonchev–Trinajstić information content (AvgIpc) is 3.56. The number of benzene rings is 5. The van der Waals surface area contributed by atoms with Crippen LogP contribution in [0.15, 0.2) is 133 Å². The van der Waals surface area contributed by atoms with Gasteiger partial charge in [0, 0.05) is 11.8 Å². The zero-order chi connectivity index (χ0) is 32.3. The Labute approximate surface area is 277 Å². The Balaban J connectivity index is 1.11. The highest BCUT2D eigenvalue weighted by molar-refractivity contribution is 6.25. The van der Waals surface area contributed by atoms with E-state index in [2.05, 4.69) is 24.3 Å². The fourth-order valence-electron chi connectivity index (χ4n) is 9.66. The molecule has 2 bridgehead atoms. The van der Waals surface area contributed by atoms with Gasteiger partial charge in [-0.3, -0.25) is 24.1 Å². The molecule has 2 saturated heterocycles. The van der Waals surface area contributed by atoms with E-state index in [0.29, 0.717) is 17.8 Å². The smallest absolute Gasteiger partial charge is 0.238 e. The molecule has 5 aromatic carbocycles. The van der Waals surface area contributed by atoms with Gasteiger partial charge in [-0.25, -0.2) is 4.90 Å². The van der Waals surface area contributed by atoms with Crippen molar-refractivity contribution >= 4 is 62.1 Å². The SMILES string of the molecule is O=C1[C@H]2[C@@H]3C=C[C@@H](C4=C(c5ccccc5)C[C@@H]5C(=O)N(c6ccc7ccccc7c6)C(=O)[C@H]5[C@H]43)[C@H]2C(=O)N1c1ccc2ccccc2c1. The monoisotopic (exact) mass is 626 g/mol. The van der Waals surface area contributed by atoms with Crippen LogP contribution in [0.3, 0.4) is 0 Å². The Kier molecular flexibility index (Phi) is 5.69. The molecule has 1 saturated carbocycles. The second-order valence-corrected chi connectivity index (χ2v) is 13.8. The number of hydrogen-bond acceptors (Lipinski definition) is 4. The summed E-state index contributed by atoms with van der Waals surface area (Å²) in [6.45, 7) is 0. The molecule has 0 unspecified atom stereocenters. The number of amides is 4. The molecule has 2 aliphatic heterocycles. The van der Waals surface area contributed by atoms with E-state index in [9.17, 15) is 19.2 Å². The second kappa shape index (κ2) is 9.94. The van der Waals surface area contributed by atoms with Crippen LogP contribution in [0.5, 0.6) is 0 Å². The van der Waals surface area contributed by atoms with Gasteiger partial charge in [0.1, 0.15) is 0 Å². The molecule has 0 aromatic heterocycles. The van der Waals surface area contributed by atoms with E-state index in [1.807, 2.05) is 103 Å². The minimum Gasteiger partial charge on any atom is -0.274 e. The molecule has 0 spiro atoms. The van der Waals surface area contributed by atoms with Crippen LogP contribution in [0.25, 0.3) is 27.1 Å². The molecular weight excluding hydrogens is 596 g/mol. The van der Waals surface area contributed by atoms with Crippen LogP contribution >= 0.6 is 0 Å². The molecule has 3 fully saturated rings. The van der Waals surface area contributed by atoms with Crippen LogP contribution < -0.4 is 9.80 Å². The number of hydrogen-bond donors (Lipinski definition) is 0. The summed E-state index contributed by atoms with van der Waals surface area (Å²) in [5.41, 5.74) is 4.24.